The van der Waals surface area contributed by atoms with Gasteiger partial charge >= 0.3 is 0 Å². The minimum absolute atomic E-state index is 0.0209. The fourth-order valence-corrected chi connectivity index (χ4v) is 4.71. The van der Waals surface area contributed by atoms with Crippen molar-refractivity contribution in [1.29, 1.82) is 0 Å². The smallest absolute Gasteiger partial charge is 0.154 e. The molecule has 4 aromatic rings. The molecule has 3 heterocycles. The lowest BCUT2D eigenvalue weighted by Gasteiger charge is -2.33. The molecule has 2 atom stereocenters. The Balaban J connectivity index is 1.53. The number of nitrogens with one attached hydrogen (secondary N) is 1. The summed E-state index contributed by atoms with van der Waals surface area (Å²) in [4.78, 5) is 4.83. The number of hydrogen-bond acceptors (Lipinski definition) is 4. The molecule has 0 spiro atoms. The largest absolute Gasteiger partial charge is 0.463 e. The Labute approximate surface area is 187 Å². The fourth-order valence-electron chi connectivity index (χ4n) is 4.71. The molecule has 0 aliphatic carbocycles. The highest BCUT2D eigenvalue weighted by atomic mass is 19.1. The van der Waals surface area contributed by atoms with Crippen LogP contribution in [0.2, 0.25) is 0 Å². The minimum atomic E-state index is -0.223. The molecule has 2 aromatic heterocycles. The van der Waals surface area contributed by atoms with Crippen molar-refractivity contribution in [2.45, 2.75) is 18.5 Å². The Kier molecular flexibility index (Phi) is 5.64. The molecule has 0 saturated carbocycles. The second kappa shape index (κ2) is 8.73. The van der Waals surface area contributed by atoms with E-state index < -0.39 is 0 Å². The number of rotatable bonds is 6. The van der Waals surface area contributed by atoms with Crippen LogP contribution in [-0.4, -0.2) is 53.2 Å². The Bertz CT molecular complexity index is 1150. The van der Waals surface area contributed by atoms with E-state index in [0.29, 0.717) is 6.04 Å². The highest BCUT2D eigenvalue weighted by Gasteiger charge is 2.32. The number of hydrogen-bond donors (Lipinski definition) is 1. The first-order valence-corrected chi connectivity index (χ1v) is 10.9. The number of aromatic amines is 1. The maximum absolute atomic E-state index is 13.3. The zero-order valence-electron chi connectivity index (χ0n) is 18.3. The Morgan fingerprint density at radius 3 is 2.44 bits per heavy atom. The van der Waals surface area contributed by atoms with Gasteiger partial charge in [0.1, 0.15) is 11.5 Å². The van der Waals surface area contributed by atoms with Crippen LogP contribution in [0.25, 0.3) is 22.6 Å². The van der Waals surface area contributed by atoms with E-state index in [-0.39, 0.29) is 11.9 Å². The van der Waals surface area contributed by atoms with Crippen molar-refractivity contribution >= 4 is 0 Å². The van der Waals surface area contributed by atoms with E-state index >= 15 is 0 Å². The molecule has 1 saturated heterocycles. The first kappa shape index (κ1) is 20.7. The van der Waals surface area contributed by atoms with Gasteiger partial charge in [0.25, 0.3) is 0 Å². The number of benzene rings is 2. The van der Waals surface area contributed by atoms with E-state index in [1.54, 1.807) is 6.26 Å². The van der Waals surface area contributed by atoms with Gasteiger partial charge in [-0.2, -0.15) is 5.10 Å². The third kappa shape index (κ3) is 3.99. The minimum Gasteiger partial charge on any atom is -0.463 e. The van der Waals surface area contributed by atoms with Crippen molar-refractivity contribution < 1.29 is 8.81 Å². The summed E-state index contributed by atoms with van der Waals surface area (Å²) in [5.41, 5.74) is 5.17. The number of aromatic nitrogens is 2. The highest BCUT2D eigenvalue weighted by molar-refractivity contribution is 5.64. The zero-order valence-corrected chi connectivity index (χ0v) is 18.3. The van der Waals surface area contributed by atoms with E-state index in [2.05, 4.69) is 58.4 Å². The van der Waals surface area contributed by atoms with Gasteiger partial charge in [-0.3, -0.25) is 10.00 Å². The summed E-state index contributed by atoms with van der Waals surface area (Å²) in [5, 5.41) is 7.56. The lowest BCUT2D eigenvalue weighted by atomic mass is 9.93. The molecule has 0 bridgehead atoms. The van der Waals surface area contributed by atoms with Crippen LogP contribution < -0.4 is 0 Å². The van der Waals surface area contributed by atoms with Crippen LogP contribution in [0.15, 0.2) is 77.5 Å². The first-order chi connectivity index (χ1) is 15.6. The summed E-state index contributed by atoms with van der Waals surface area (Å²) in [5.74, 6) is 0.533. The first-order valence-electron chi connectivity index (χ1n) is 10.9. The van der Waals surface area contributed by atoms with Crippen LogP contribution in [0.5, 0.6) is 0 Å². The van der Waals surface area contributed by atoms with Gasteiger partial charge in [-0.15, -0.1) is 0 Å². The summed E-state index contributed by atoms with van der Waals surface area (Å²) in [6.07, 6.45) is 4.78. The summed E-state index contributed by atoms with van der Waals surface area (Å²) >= 11 is 0. The summed E-state index contributed by atoms with van der Waals surface area (Å²) in [6.45, 7) is 2.14. The molecule has 32 heavy (non-hydrogen) atoms. The van der Waals surface area contributed by atoms with Gasteiger partial charge < -0.3 is 9.32 Å². The molecule has 1 aliphatic heterocycles. The van der Waals surface area contributed by atoms with Gasteiger partial charge in [0, 0.05) is 24.3 Å². The highest BCUT2D eigenvalue weighted by Crippen LogP contribution is 2.37. The lowest BCUT2D eigenvalue weighted by molar-refractivity contribution is 0.200. The maximum atomic E-state index is 13.3. The van der Waals surface area contributed by atoms with Gasteiger partial charge in [-0.05, 0) is 68.0 Å². The van der Waals surface area contributed by atoms with E-state index in [9.17, 15) is 4.39 Å². The van der Waals surface area contributed by atoms with Crippen molar-refractivity contribution in [2.24, 2.45) is 0 Å². The Morgan fingerprint density at radius 1 is 1.09 bits per heavy atom. The van der Waals surface area contributed by atoms with Gasteiger partial charge in [0.15, 0.2) is 5.76 Å². The van der Waals surface area contributed by atoms with Crippen molar-refractivity contribution in [1.82, 2.24) is 20.0 Å². The van der Waals surface area contributed by atoms with Crippen LogP contribution in [0, 0.1) is 5.82 Å². The third-order valence-electron chi connectivity index (χ3n) is 6.47. The van der Waals surface area contributed by atoms with Crippen LogP contribution >= 0.6 is 0 Å². The molecule has 2 aromatic carbocycles. The summed E-state index contributed by atoms with van der Waals surface area (Å²) < 4.78 is 19.0. The molecule has 0 radical (unpaired) electrons. The molecule has 1 fully saturated rings. The topological polar surface area (TPSA) is 48.3 Å². The second-order valence-electron chi connectivity index (χ2n) is 8.57. The van der Waals surface area contributed by atoms with Crippen molar-refractivity contribution in [3.8, 4) is 22.6 Å². The van der Waals surface area contributed by atoms with E-state index in [4.69, 9.17) is 4.42 Å². The Hall–Kier alpha value is -3.22. The third-order valence-corrected chi connectivity index (χ3v) is 6.47. The number of likely N-dealkylation sites (tertiary alicyclic amines) is 1. The molecular weight excluding hydrogens is 403 g/mol. The average molecular weight is 431 g/mol. The summed E-state index contributed by atoms with van der Waals surface area (Å²) in [6, 6.07) is 19.5. The van der Waals surface area contributed by atoms with Gasteiger partial charge in [-0.1, -0.05) is 36.4 Å². The van der Waals surface area contributed by atoms with Crippen LogP contribution in [0.3, 0.4) is 0 Å². The van der Waals surface area contributed by atoms with E-state index in [0.717, 1.165) is 47.7 Å². The van der Waals surface area contributed by atoms with Crippen molar-refractivity contribution in [3.05, 3.63) is 90.1 Å². The zero-order chi connectivity index (χ0) is 22.1. The Morgan fingerprint density at radius 2 is 1.81 bits per heavy atom. The average Bonchev–Trinajstić information content (AvgIpc) is 3.57. The number of H-pyrrole nitrogens is 1. The quantitative estimate of drug-likeness (QED) is 0.457. The van der Waals surface area contributed by atoms with Crippen molar-refractivity contribution in [2.75, 3.05) is 27.2 Å². The second-order valence-corrected chi connectivity index (χ2v) is 8.57. The predicted octanol–water partition coefficient (Wildman–Crippen LogP) is 5.20. The molecule has 164 valence electrons. The molecule has 6 heteroatoms. The molecular formula is C26H27FN4O. The van der Waals surface area contributed by atoms with Gasteiger partial charge in [-0.25, -0.2) is 4.39 Å². The molecule has 1 N–H and O–H groups in total. The monoisotopic (exact) mass is 430 g/mol. The lowest BCUT2D eigenvalue weighted by Crippen LogP contribution is -2.37. The van der Waals surface area contributed by atoms with Gasteiger partial charge in [0.2, 0.25) is 0 Å². The van der Waals surface area contributed by atoms with Gasteiger partial charge in [0.05, 0.1) is 12.3 Å². The molecule has 2 unspecified atom stereocenters. The van der Waals surface area contributed by atoms with Crippen LogP contribution in [0.1, 0.15) is 23.6 Å². The molecule has 1 aliphatic rings. The van der Waals surface area contributed by atoms with E-state index in [1.165, 1.54) is 17.7 Å². The molecule has 5 rings (SSSR count). The SMILES string of the molecule is CN1CCC(N(C)C(c2ccc(-c3ccc(F)cc3)cc2)c2c[nH]nc2-c2ccco2)C1. The predicted molar refractivity (Wildman–Crippen MR) is 124 cm³/mol. The molecule has 0 amide bonds. The fraction of sp³-hybridized carbons (Fsp3) is 0.269. The summed E-state index contributed by atoms with van der Waals surface area (Å²) in [7, 11) is 4.37. The van der Waals surface area contributed by atoms with Crippen LogP contribution in [-0.2, 0) is 0 Å². The number of nitrogens with zero attached hydrogens (tertiary/aromatic N) is 3. The normalized spacial score (nSPS) is 17.8. The van der Waals surface area contributed by atoms with E-state index in [1.807, 2.05) is 30.5 Å². The maximum Gasteiger partial charge on any atom is 0.154 e. The standard InChI is InChI=1S/C26H27FN4O/c1-30-14-13-22(17-30)31(2)26(23-16-28-29-25(23)24-4-3-15-32-24)20-7-5-18(6-8-20)19-9-11-21(27)12-10-19/h3-12,15-16,22,26H,13-14,17H2,1-2H3,(H,28,29). The molecule has 5 nitrogen and oxygen atoms in total. The number of furan rings is 1. The van der Waals surface area contributed by atoms with Crippen LogP contribution in [0.4, 0.5) is 4.39 Å². The number of halogens is 1. The number of likely N-dealkylation sites (N-methyl/N-ethyl adjacent to an activating group) is 2. The van der Waals surface area contributed by atoms with Crippen molar-refractivity contribution in [3.63, 3.8) is 0 Å².